The summed E-state index contributed by atoms with van der Waals surface area (Å²) in [6.45, 7) is 3.73. The summed E-state index contributed by atoms with van der Waals surface area (Å²) in [5, 5.41) is 18.1. The molecule has 1 unspecified atom stereocenters. The van der Waals surface area contributed by atoms with Gasteiger partial charge >= 0.3 is 0 Å². The average molecular weight is 322 g/mol. The average Bonchev–Trinajstić information content (AvgIpc) is 3.18. The summed E-state index contributed by atoms with van der Waals surface area (Å²) in [6.07, 6.45) is 1.24. The van der Waals surface area contributed by atoms with Crippen molar-refractivity contribution >= 4 is 39.4 Å². The van der Waals surface area contributed by atoms with E-state index in [1.165, 1.54) is 11.3 Å². The Labute approximate surface area is 129 Å². The summed E-state index contributed by atoms with van der Waals surface area (Å²) in [4.78, 5) is 18.8. The number of rotatable bonds is 4. The van der Waals surface area contributed by atoms with Crippen molar-refractivity contribution in [2.45, 2.75) is 32.3 Å². The molecule has 0 bridgehead atoms. The van der Waals surface area contributed by atoms with Crippen LogP contribution < -0.4 is 5.32 Å². The molecule has 0 fully saturated rings. The minimum atomic E-state index is -1.00. The number of thiophene rings is 1. The molecule has 0 saturated carbocycles. The van der Waals surface area contributed by atoms with Crippen molar-refractivity contribution in [3.05, 3.63) is 27.4 Å². The van der Waals surface area contributed by atoms with E-state index in [2.05, 4.69) is 20.7 Å². The van der Waals surface area contributed by atoms with Gasteiger partial charge in [-0.05, 0) is 24.8 Å². The number of carbonyl (C=O) groups is 1. The molecule has 3 rings (SSSR count). The van der Waals surface area contributed by atoms with Crippen molar-refractivity contribution in [3.8, 4) is 0 Å². The van der Waals surface area contributed by atoms with Crippen LogP contribution in [0.25, 0.3) is 0 Å². The minimum Gasteiger partial charge on any atom is -0.379 e. The van der Waals surface area contributed by atoms with Crippen LogP contribution in [0.4, 0.5) is 5.13 Å². The van der Waals surface area contributed by atoms with Crippen molar-refractivity contribution in [2.75, 3.05) is 5.32 Å². The van der Waals surface area contributed by atoms with Crippen LogP contribution in [-0.4, -0.2) is 27.4 Å². The van der Waals surface area contributed by atoms with E-state index in [1.807, 2.05) is 24.4 Å². The number of aryl methyl sites for hydroxylation is 1. The molecule has 110 valence electrons. The molecule has 6 nitrogen and oxygen atoms in total. The smallest absolute Gasteiger partial charge is 0.273 e. The highest BCUT2D eigenvalue weighted by molar-refractivity contribution is 7.15. The van der Waals surface area contributed by atoms with E-state index in [1.54, 1.807) is 18.3 Å². The third kappa shape index (κ3) is 2.81. The van der Waals surface area contributed by atoms with E-state index in [0.717, 1.165) is 22.0 Å². The van der Waals surface area contributed by atoms with E-state index in [-0.39, 0.29) is 5.91 Å². The van der Waals surface area contributed by atoms with Crippen molar-refractivity contribution in [3.63, 3.8) is 0 Å². The molecule has 0 aliphatic carbocycles. The number of aromatic nitrogens is 2. The first-order valence-corrected chi connectivity index (χ1v) is 8.23. The monoisotopic (exact) mass is 322 g/mol. The molecule has 0 spiro atoms. The molecule has 8 heteroatoms. The summed E-state index contributed by atoms with van der Waals surface area (Å²) < 4.78 is 0. The fourth-order valence-corrected chi connectivity index (χ4v) is 3.29. The Morgan fingerprint density at radius 2 is 2.38 bits per heavy atom. The highest BCUT2D eigenvalue weighted by atomic mass is 32.1. The second-order valence-corrected chi connectivity index (χ2v) is 6.83. The van der Waals surface area contributed by atoms with Crippen LogP contribution in [0.3, 0.4) is 0 Å². The first-order chi connectivity index (χ1) is 10.1. The lowest BCUT2D eigenvalue weighted by molar-refractivity contribution is -0.135. The standard InChI is InChI=1S/C13H14N4O2S2/c1-3-10-15-16-12(21-10)14-11(18)13(2)7-8(17-19-13)9-5-4-6-20-9/h4-6H,3,7H2,1-2H3,(H,14,16,18). The van der Waals surface area contributed by atoms with Crippen LogP contribution in [0.1, 0.15) is 30.2 Å². The highest BCUT2D eigenvalue weighted by Crippen LogP contribution is 2.29. The van der Waals surface area contributed by atoms with Crippen molar-refractivity contribution in [1.29, 1.82) is 0 Å². The van der Waals surface area contributed by atoms with Crippen LogP contribution in [0.15, 0.2) is 22.7 Å². The molecule has 0 radical (unpaired) electrons. The molecule has 2 aromatic heterocycles. The Morgan fingerprint density at radius 3 is 3.05 bits per heavy atom. The largest absolute Gasteiger partial charge is 0.379 e. The maximum absolute atomic E-state index is 12.4. The number of amides is 1. The van der Waals surface area contributed by atoms with E-state index in [9.17, 15) is 4.79 Å². The van der Waals surface area contributed by atoms with Crippen molar-refractivity contribution < 1.29 is 9.63 Å². The second-order valence-electron chi connectivity index (χ2n) is 4.82. The van der Waals surface area contributed by atoms with Crippen molar-refractivity contribution in [2.24, 2.45) is 5.16 Å². The fourth-order valence-electron chi connectivity index (χ4n) is 1.91. The zero-order valence-corrected chi connectivity index (χ0v) is 13.3. The molecule has 3 heterocycles. The lowest BCUT2D eigenvalue weighted by Gasteiger charge is -2.19. The van der Waals surface area contributed by atoms with Gasteiger partial charge in [0, 0.05) is 6.42 Å². The second kappa shape index (κ2) is 5.53. The predicted molar refractivity (Wildman–Crippen MR) is 82.9 cm³/mol. The molecule has 2 aromatic rings. The van der Waals surface area contributed by atoms with E-state index >= 15 is 0 Å². The first-order valence-electron chi connectivity index (χ1n) is 6.53. The van der Waals surface area contributed by atoms with Crippen LogP contribution >= 0.6 is 22.7 Å². The third-order valence-corrected chi connectivity index (χ3v) is 5.04. The molecule has 1 atom stereocenters. The Bertz CT molecular complexity index is 680. The van der Waals surface area contributed by atoms with Crippen LogP contribution in [0.2, 0.25) is 0 Å². The summed E-state index contributed by atoms with van der Waals surface area (Å²) in [5.41, 5.74) is -0.202. The van der Waals surface area contributed by atoms with Crippen LogP contribution in [0.5, 0.6) is 0 Å². The van der Waals surface area contributed by atoms with Crippen LogP contribution in [-0.2, 0) is 16.1 Å². The van der Waals surface area contributed by atoms with Gasteiger partial charge in [0.2, 0.25) is 10.7 Å². The summed E-state index contributed by atoms with van der Waals surface area (Å²) in [6, 6.07) is 3.92. The van der Waals surface area contributed by atoms with E-state index in [0.29, 0.717) is 11.6 Å². The Balaban J connectivity index is 1.68. The molecule has 0 saturated heterocycles. The summed E-state index contributed by atoms with van der Waals surface area (Å²) in [5.74, 6) is -0.253. The molecule has 1 aliphatic heterocycles. The third-order valence-electron chi connectivity index (χ3n) is 3.14. The molecular weight excluding hydrogens is 308 g/mol. The van der Waals surface area contributed by atoms with E-state index in [4.69, 9.17) is 4.84 Å². The number of carbonyl (C=O) groups excluding carboxylic acids is 1. The highest BCUT2D eigenvalue weighted by Gasteiger charge is 2.42. The Kier molecular flexibility index (Phi) is 3.73. The molecule has 1 aliphatic rings. The maximum atomic E-state index is 12.4. The normalized spacial score (nSPS) is 21.0. The molecule has 0 aromatic carbocycles. The minimum absolute atomic E-state index is 0.253. The summed E-state index contributed by atoms with van der Waals surface area (Å²) >= 11 is 2.95. The quantitative estimate of drug-likeness (QED) is 0.939. The van der Waals surface area contributed by atoms with Gasteiger partial charge in [0.1, 0.15) is 10.7 Å². The molecule has 1 N–H and O–H groups in total. The molecule has 1 amide bonds. The number of hydrogen-bond acceptors (Lipinski definition) is 7. The van der Waals surface area contributed by atoms with Gasteiger partial charge in [0.25, 0.3) is 5.91 Å². The Morgan fingerprint density at radius 1 is 1.52 bits per heavy atom. The summed E-state index contributed by atoms with van der Waals surface area (Å²) in [7, 11) is 0. The SMILES string of the molecule is CCc1nnc(NC(=O)C2(C)CC(c3cccs3)=NO2)s1. The van der Waals surface area contributed by atoms with Gasteiger partial charge in [-0.25, -0.2) is 0 Å². The van der Waals surface area contributed by atoms with E-state index < -0.39 is 5.60 Å². The fraction of sp³-hybridized carbons (Fsp3) is 0.385. The number of hydrogen-bond donors (Lipinski definition) is 1. The lowest BCUT2D eigenvalue weighted by atomic mass is 9.98. The van der Waals surface area contributed by atoms with Gasteiger partial charge in [-0.1, -0.05) is 29.5 Å². The number of nitrogens with zero attached hydrogens (tertiary/aromatic N) is 3. The number of nitrogens with one attached hydrogen (secondary N) is 1. The first kappa shape index (κ1) is 14.2. The van der Waals surface area contributed by atoms with Gasteiger partial charge in [0.15, 0.2) is 0 Å². The lowest BCUT2D eigenvalue weighted by Crippen LogP contribution is -2.40. The molecule has 21 heavy (non-hydrogen) atoms. The number of anilines is 1. The predicted octanol–water partition coefficient (Wildman–Crippen LogP) is 2.68. The Hall–Kier alpha value is -1.80. The van der Waals surface area contributed by atoms with Gasteiger partial charge in [0.05, 0.1) is 4.88 Å². The zero-order valence-electron chi connectivity index (χ0n) is 11.6. The van der Waals surface area contributed by atoms with Crippen molar-refractivity contribution in [1.82, 2.24) is 10.2 Å². The topological polar surface area (TPSA) is 76.5 Å². The zero-order chi connectivity index (χ0) is 14.9. The van der Waals surface area contributed by atoms with Gasteiger partial charge in [-0.15, -0.1) is 21.5 Å². The van der Waals surface area contributed by atoms with Crippen LogP contribution in [0, 0.1) is 0 Å². The van der Waals surface area contributed by atoms with Gasteiger partial charge < -0.3 is 4.84 Å². The maximum Gasteiger partial charge on any atom is 0.273 e. The number of oxime groups is 1. The van der Waals surface area contributed by atoms with Gasteiger partial charge in [-0.2, -0.15) is 0 Å². The van der Waals surface area contributed by atoms with Gasteiger partial charge in [-0.3, -0.25) is 10.1 Å². The molecular formula is C13H14N4O2S2.